The summed E-state index contributed by atoms with van der Waals surface area (Å²) >= 11 is 0. The molecule has 0 spiro atoms. The van der Waals surface area contributed by atoms with E-state index in [1.165, 1.54) is 19.3 Å². The van der Waals surface area contributed by atoms with Gasteiger partial charge in [0.15, 0.2) is 0 Å². The van der Waals surface area contributed by atoms with Gasteiger partial charge >= 0.3 is 6.16 Å². The lowest BCUT2D eigenvalue weighted by Gasteiger charge is -2.38. The van der Waals surface area contributed by atoms with E-state index in [0.29, 0.717) is 24.2 Å². The SMILES string of the molecule is Cc1cc2c(c(OC(=O)OCCN3CCCCC3)c1)C1CNCCC1CO2. The summed E-state index contributed by atoms with van der Waals surface area (Å²) in [4.78, 5) is 14.6. The van der Waals surface area contributed by atoms with Crippen molar-refractivity contribution in [1.29, 1.82) is 0 Å². The Hall–Kier alpha value is -1.79. The molecule has 0 aromatic heterocycles. The maximum Gasteiger partial charge on any atom is 0.513 e. The van der Waals surface area contributed by atoms with E-state index in [4.69, 9.17) is 14.2 Å². The van der Waals surface area contributed by atoms with Crippen molar-refractivity contribution in [3.8, 4) is 11.5 Å². The molecule has 2 fully saturated rings. The van der Waals surface area contributed by atoms with Crippen LogP contribution in [0.1, 0.15) is 42.7 Å². The molecule has 2 unspecified atom stereocenters. The molecule has 3 aliphatic heterocycles. The molecule has 4 rings (SSSR count). The number of hydrogen-bond donors (Lipinski definition) is 1. The summed E-state index contributed by atoms with van der Waals surface area (Å²) in [7, 11) is 0. The van der Waals surface area contributed by atoms with Crippen LogP contribution < -0.4 is 14.8 Å². The molecule has 1 N–H and O–H groups in total. The van der Waals surface area contributed by atoms with Crippen molar-refractivity contribution in [2.75, 3.05) is 45.9 Å². The topological polar surface area (TPSA) is 60.0 Å². The number of aryl methyl sites for hydroxylation is 1. The molecule has 148 valence electrons. The van der Waals surface area contributed by atoms with E-state index in [-0.39, 0.29) is 0 Å². The average Bonchev–Trinajstić information content (AvgIpc) is 2.68. The summed E-state index contributed by atoms with van der Waals surface area (Å²) in [6, 6.07) is 3.96. The molecule has 3 aliphatic rings. The summed E-state index contributed by atoms with van der Waals surface area (Å²) < 4.78 is 17.0. The van der Waals surface area contributed by atoms with Crippen molar-refractivity contribution >= 4 is 6.16 Å². The minimum Gasteiger partial charge on any atom is -0.493 e. The number of nitrogens with zero attached hydrogens (tertiary/aromatic N) is 1. The third-order valence-electron chi connectivity index (χ3n) is 5.97. The maximum absolute atomic E-state index is 12.3. The second-order valence-electron chi connectivity index (χ2n) is 7.95. The molecule has 0 aliphatic carbocycles. The van der Waals surface area contributed by atoms with Gasteiger partial charge in [0, 0.05) is 30.5 Å². The number of hydrogen-bond acceptors (Lipinski definition) is 6. The van der Waals surface area contributed by atoms with Crippen molar-refractivity contribution in [1.82, 2.24) is 10.2 Å². The Morgan fingerprint density at radius 3 is 3.00 bits per heavy atom. The number of fused-ring (bicyclic) bond motifs is 3. The van der Waals surface area contributed by atoms with E-state index in [0.717, 1.165) is 62.6 Å². The molecule has 27 heavy (non-hydrogen) atoms. The molecule has 0 radical (unpaired) electrons. The molecular weight excluding hydrogens is 344 g/mol. The van der Waals surface area contributed by atoms with E-state index >= 15 is 0 Å². The van der Waals surface area contributed by atoms with Crippen molar-refractivity contribution < 1.29 is 19.0 Å². The molecule has 1 aromatic rings. The first-order valence-corrected chi connectivity index (χ1v) is 10.3. The van der Waals surface area contributed by atoms with E-state index in [9.17, 15) is 4.79 Å². The van der Waals surface area contributed by atoms with E-state index in [1.807, 2.05) is 19.1 Å². The first-order valence-electron chi connectivity index (χ1n) is 10.3. The minimum absolute atomic E-state index is 0.319. The Morgan fingerprint density at radius 2 is 2.15 bits per heavy atom. The average molecular weight is 374 g/mol. The van der Waals surface area contributed by atoms with Gasteiger partial charge in [0.25, 0.3) is 0 Å². The molecular formula is C21H30N2O4. The van der Waals surface area contributed by atoms with Gasteiger partial charge in [0.1, 0.15) is 18.1 Å². The van der Waals surface area contributed by atoms with Crippen molar-refractivity contribution in [3.05, 3.63) is 23.3 Å². The van der Waals surface area contributed by atoms with Crippen LogP contribution in [0.2, 0.25) is 0 Å². The number of piperidine rings is 2. The lowest BCUT2D eigenvalue weighted by molar-refractivity contribution is 0.0821. The maximum atomic E-state index is 12.3. The highest BCUT2D eigenvalue weighted by molar-refractivity contribution is 5.66. The fourth-order valence-corrected chi connectivity index (χ4v) is 4.51. The highest BCUT2D eigenvalue weighted by atomic mass is 16.7. The zero-order chi connectivity index (χ0) is 18.6. The Morgan fingerprint density at radius 1 is 1.30 bits per heavy atom. The Kier molecular flexibility index (Phi) is 5.83. The smallest absolute Gasteiger partial charge is 0.493 e. The summed E-state index contributed by atoms with van der Waals surface area (Å²) in [5.74, 6) is 2.22. The fourth-order valence-electron chi connectivity index (χ4n) is 4.51. The highest BCUT2D eigenvalue weighted by Crippen LogP contribution is 2.45. The summed E-state index contributed by atoms with van der Waals surface area (Å²) in [6.07, 6.45) is 4.23. The summed E-state index contributed by atoms with van der Waals surface area (Å²) in [5.41, 5.74) is 2.03. The van der Waals surface area contributed by atoms with Gasteiger partial charge in [-0.15, -0.1) is 0 Å². The summed E-state index contributed by atoms with van der Waals surface area (Å²) in [5, 5.41) is 3.46. The van der Waals surface area contributed by atoms with Crippen LogP contribution in [0.5, 0.6) is 11.5 Å². The Labute approximate surface area is 161 Å². The third-order valence-corrected chi connectivity index (χ3v) is 5.97. The van der Waals surface area contributed by atoms with Gasteiger partial charge in [-0.1, -0.05) is 6.42 Å². The largest absolute Gasteiger partial charge is 0.513 e. The number of nitrogens with one attached hydrogen (secondary N) is 1. The number of carbonyl (C=O) groups excluding carboxylic acids is 1. The fraction of sp³-hybridized carbons (Fsp3) is 0.667. The van der Waals surface area contributed by atoms with Crippen LogP contribution in [-0.2, 0) is 4.74 Å². The van der Waals surface area contributed by atoms with Crippen molar-refractivity contribution in [2.24, 2.45) is 5.92 Å². The van der Waals surface area contributed by atoms with Crippen molar-refractivity contribution in [3.63, 3.8) is 0 Å². The van der Waals surface area contributed by atoms with Gasteiger partial charge < -0.3 is 19.5 Å². The lowest BCUT2D eigenvalue weighted by atomic mass is 9.79. The van der Waals surface area contributed by atoms with E-state index < -0.39 is 6.16 Å². The van der Waals surface area contributed by atoms with Gasteiger partial charge in [0.05, 0.1) is 6.61 Å². The number of ether oxygens (including phenoxy) is 3. The number of carbonyl (C=O) groups is 1. The number of likely N-dealkylation sites (tertiary alicyclic amines) is 1. The summed E-state index contributed by atoms with van der Waals surface area (Å²) in [6.45, 7) is 7.97. The van der Waals surface area contributed by atoms with Crippen LogP contribution in [0.4, 0.5) is 4.79 Å². The first-order chi connectivity index (χ1) is 13.2. The quantitative estimate of drug-likeness (QED) is 0.646. The third kappa shape index (κ3) is 4.38. The van der Waals surface area contributed by atoms with Gasteiger partial charge in [-0.25, -0.2) is 4.79 Å². The molecule has 0 saturated carbocycles. The highest BCUT2D eigenvalue weighted by Gasteiger charge is 2.36. The molecule has 1 aromatic carbocycles. The molecule has 6 nitrogen and oxygen atoms in total. The predicted molar refractivity (Wildman–Crippen MR) is 103 cm³/mol. The minimum atomic E-state index is -0.620. The standard InChI is InChI=1S/C21H30N2O4/c1-15-11-18-20(17-13-22-6-5-16(17)14-26-18)19(12-15)27-21(24)25-10-9-23-7-3-2-4-8-23/h11-12,16-17,22H,2-10,13-14H2,1H3. The van der Waals surface area contributed by atoms with Crippen LogP contribution in [0.3, 0.4) is 0 Å². The normalized spacial score (nSPS) is 25.1. The van der Waals surface area contributed by atoms with Gasteiger partial charge in [-0.3, -0.25) is 4.90 Å². The predicted octanol–water partition coefficient (Wildman–Crippen LogP) is 3.08. The van der Waals surface area contributed by atoms with E-state index in [1.54, 1.807) is 0 Å². The first kappa shape index (κ1) is 18.6. The van der Waals surface area contributed by atoms with Gasteiger partial charge in [-0.2, -0.15) is 0 Å². The van der Waals surface area contributed by atoms with Gasteiger partial charge in [0.2, 0.25) is 0 Å². The molecule has 3 heterocycles. The monoisotopic (exact) mass is 374 g/mol. The molecule has 2 atom stereocenters. The molecule has 2 saturated heterocycles. The van der Waals surface area contributed by atoms with Crippen molar-refractivity contribution in [2.45, 2.75) is 38.5 Å². The zero-order valence-electron chi connectivity index (χ0n) is 16.2. The van der Waals surface area contributed by atoms with Crippen LogP contribution in [0, 0.1) is 12.8 Å². The molecule has 0 amide bonds. The second kappa shape index (κ2) is 8.48. The number of rotatable bonds is 4. The van der Waals surface area contributed by atoms with E-state index in [2.05, 4.69) is 10.2 Å². The second-order valence-corrected chi connectivity index (χ2v) is 7.95. The van der Waals surface area contributed by atoms with Crippen LogP contribution in [-0.4, -0.2) is 57.0 Å². The van der Waals surface area contributed by atoms with Crippen LogP contribution >= 0.6 is 0 Å². The number of benzene rings is 1. The molecule has 0 bridgehead atoms. The Balaban J connectivity index is 1.40. The lowest BCUT2D eigenvalue weighted by Crippen LogP contribution is -2.40. The van der Waals surface area contributed by atoms with Crippen LogP contribution in [0.25, 0.3) is 0 Å². The Bertz CT molecular complexity index is 672. The molecule has 6 heteroatoms. The zero-order valence-corrected chi connectivity index (χ0v) is 16.2. The van der Waals surface area contributed by atoms with Crippen LogP contribution in [0.15, 0.2) is 12.1 Å². The van der Waals surface area contributed by atoms with Gasteiger partial charge in [-0.05, 0) is 63.5 Å².